The minimum atomic E-state index is -0.725. The Kier molecular flexibility index (Phi) is 4.15. The summed E-state index contributed by atoms with van der Waals surface area (Å²) >= 11 is 5.88. The van der Waals surface area contributed by atoms with Gasteiger partial charge in [0.1, 0.15) is 0 Å². The Balaban J connectivity index is 1.57. The number of primary amides is 1. The van der Waals surface area contributed by atoms with Crippen molar-refractivity contribution >= 4 is 35.0 Å². The van der Waals surface area contributed by atoms with E-state index in [1.54, 1.807) is 47.4 Å². The maximum Gasteiger partial charge on any atom is 0.253 e. The van der Waals surface area contributed by atoms with Gasteiger partial charge in [0.2, 0.25) is 11.8 Å². The van der Waals surface area contributed by atoms with E-state index in [4.69, 9.17) is 17.3 Å². The van der Waals surface area contributed by atoms with Gasteiger partial charge in [-0.15, -0.1) is 0 Å². The summed E-state index contributed by atoms with van der Waals surface area (Å²) in [5.74, 6) is -0.689. The molecular formula is C20H18ClN3O3. The molecule has 2 aromatic carbocycles. The molecule has 0 aromatic heterocycles. The van der Waals surface area contributed by atoms with Gasteiger partial charge in [-0.25, -0.2) is 0 Å². The van der Waals surface area contributed by atoms with Crippen LogP contribution < -0.4 is 11.1 Å². The van der Waals surface area contributed by atoms with Gasteiger partial charge in [-0.05, 0) is 60.9 Å². The second-order valence-corrected chi connectivity index (χ2v) is 7.40. The van der Waals surface area contributed by atoms with E-state index in [1.807, 2.05) is 0 Å². The number of benzene rings is 2. The first kappa shape index (κ1) is 17.5. The van der Waals surface area contributed by atoms with Crippen molar-refractivity contribution in [3.8, 4) is 0 Å². The van der Waals surface area contributed by atoms with Gasteiger partial charge < -0.3 is 16.0 Å². The lowest BCUT2D eigenvalue weighted by atomic mass is 9.73. The Morgan fingerprint density at radius 2 is 1.67 bits per heavy atom. The van der Waals surface area contributed by atoms with Gasteiger partial charge in [0.25, 0.3) is 5.91 Å². The Morgan fingerprint density at radius 3 is 2.30 bits per heavy atom. The fourth-order valence-electron chi connectivity index (χ4n) is 3.93. The molecule has 0 saturated carbocycles. The summed E-state index contributed by atoms with van der Waals surface area (Å²) in [5.41, 5.74) is 7.12. The van der Waals surface area contributed by atoms with E-state index in [1.165, 1.54) is 0 Å². The van der Waals surface area contributed by atoms with Crippen LogP contribution in [0.4, 0.5) is 5.69 Å². The number of likely N-dealkylation sites (tertiary alicyclic amines) is 1. The molecule has 2 heterocycles. The van der Waals surface area contributed by atoms with Crippen molar-refractivity contribution in [2.24, 2.45) is 5.73 Å². The fraction of sp³-hybridized carbons (Fsp3) is 0.250. The van der Waals surface area contributed by atoms with Gasteiger partial charge in [-0.3, -0.25) is 14.4 Å². The number of hydrogen-bond donors (Lipinski definition) is 2. The SMILES string of the molecule is NC(=O)c1ccc2c(c1)C1(CCN(C(=O)c3ccc(Cl)cc3)CC1)C(=O)N2. The molecule has 138 valence electrons. The number of rotatable bonds is 2. The normalized spacial score (nSPS) is 17.5. The quantitative estimate of drug-likeness (QED) is 0.834. The zero-order valence-electron chi connectivity index (χ0n) is 14.5. The van der Waals surface area contributed by atoms with Crippen LogP contribution in [0.25, 0.3) is 0 Å². The molecule has 1 spiro atoms. The maximum atomic E-state index is 12.7. The van der Waals surface area contributed by atoms with Crippen LogP contribution in [0.3, 0.4) is 0 Å². The smallest absolute Gasteiger partial charge is 0.253 e. The number of hydrogen-bond acceptors (Lipinski definition) is 3. The molecule has 6 nitrogen and oxygen atoms in total. The number of carbonyl (C=O) groups is 3. The molecule has 0 bridgehead atoms. The Bertz CT molecular complexity index is 947. The molecule has 3 N–H and O–H groups in total. The number of amides is 3. The van der Waals surface area contributed by atoms with E-state index in [2.05, 4.69) is 5.32 Å². The van der Waals surface area contributed by atoms with Gasteiger partial charge in [0.05, 0.1) is 5.41 Å². The van der Waals surface area contributed by atoms with E-state index in [-0.39, 0.29) is 11.8 Å². The Hall–Kier alpha value is -2.86. The van der Waals surface area contributed by atoms with Crippen LogP contribution >= 0.6 is 11.6 Å². The van der Waals surface area contributed by atoms with Crippen LogP contribution in [-0.4, -0.2) is 35.7 Å². The van der Waals surface area contributed by atoms with E-state index >= 15 is 0 Å². The Morgan fingerprint density at radius 1 is 1.04 bits per heavy atom. The first-order chi connectivity index (χ1) is 12.9. The van der Waals surface area contributed by atoms with Gasteiger partial charge >= 0.3 is 0 Å². The second kappa shape index (κ2) is 6.39. The maximum absolute atomic E-state index is 12.7. The molecule has 0 unspecified atom stereocenters. The van der Waals surface area contributed by atoms with Crippen molar-refractivity contribution in [3.05, 3.63) is 64.2 Å². The van der Waals surface area contributed by atoms with Crippen molar-refractivity contribution in [2.75, 3.05) is 18.4 Å². The molecule has 3 amide bonds. The largest absolute Gasteiger partial charge is 0.366 e. The van der Waals surface area contributed by atoms with Crippen molar-refractivity contribution < 1.29 is 14.4 Å². The van der Waals surface area contributed by atoms with Crippen LogP contribution in [0.15, 0.2) is 42.5 Å². The minimum Gasteiger partial charge on any atom is -0.366 e. The van der Waals surface area contributed by atoms with E-state index in [9.17, 15) is 14.4 Å². The Labute approximate surface area is 161 Å². The van der Waals surface area contributed by atoms with Crippen LogP contribution in [0, 0.1) is 0 Å². The number of anilines is 1. The van der Waals surface area contributed by atoms with Crippen LogP contribution in [0.5, 0.6) is 0 Å². The summed E-state index contributed by atoms with van der Waals surface area (Å²) in [4.78, 5) is 38.7. The number of nitrogens with one attached hydrogen (secondary N) is 1. The molecule has 7 heteroatoms. The first-order valence-corrected chi connectivity index (χ1v) is 9.09. The number of fused-ring (bicyclic) bond motifs is 2. The van der Waals surface area contributed by atoms with Crippen LogP contribution in [-0.2, 0) is 10.2 Å². The van der Waals surface area contributed by atoms with Gasteiger partial charge in [-0.2, -0.15) is 0 Å². The summed E-state index contributed by atoms with van der Waals surface area (Å²) < 4.78 is 0. The highest BCUT2D eigenvalue weighted by Gasteiger charge is 2.49. The topological polar surface area (TPSA) is 92.5 Å². The molecule has 0 atom stereocenters. The van der Waals surface area contributed by atoms with E-state index in [0.717, 1.165) is 5.56 Å². The molecule has 27 heavy (non-hydrogen) atoms. The lowest BCUT2D eigenvalue weighted by Gasteiger charge is -2.38. The lowest BCUT2D eigenvalue weighted by molar-refractivity contribution is -0.122. The van der Waals surface area contributed by atoms with Crippen molar-refractivity contribution in [2.45, 2.75) is 18.3 Å². The summed E-state index contributed by atoms with van der Waals surface area (Å²) in [6.45, 7) is 0.907. The molecule has 2 aromatic rings. The average molecular weight is 384 g/mol. The molecule has 2 aliphatic heterocycles. The molecule has 4 rings (SSSR count). The van der Waals surface area contributed by atoms with Gasteiger partial charge in [0, 0.05) is 34.9 Å². The highest BCUT2D eigenvalue weighted by atomic mass is 35.5. The molecule has 2 aliphatic rings. The highest BCUT2D eigenvalue weighted by Crippen LogP contribution is 2.45. The van der Waals surface area contributed by atoms with Crippen molar-refractivity contribution in [1.82, 2.24) is 4.90 Å². The van der Waals surface area contributed by atoms with Crippen molar-refractivity contribution in [1.29, 1.82) is 0 Å². The average Bonchev–Trinajstić information content (AvgIpc) is 2.93. The van der Waals surface area contributed by atoms with E-state index < -0.39 is 11.3 Å². The van der Waals surface area contributed by atoms with Gasteiger partial charge in [-0.1, -0.05) is 11.6 Å². The molecule has 0 aliphatic carbocycles. The zero-order chi connectivity index (χ0) is 19.2. The number of nitrogens with zero attached hydrogens (tertiary/aromatic N) is 1. The predicted octanol–water partition coefficient (Wildman–Crippen LogP) is 2.57. The van der Waals surface area contributed by atoms with Crippen LogP contribution in [0.1, 0.15) is 39.1 Å². The third-order valence-electron chi connectivity index (χ3n) is 5.50. The number of piperidine rings is 1. The zero-order valence-corrected chi connectivity index (χ0v) is 15.3. The highest BCUT2D eigenvalue weighted by molar-refractivity contribution is 6.30. The summed E-state index contributed by atoms with van der Waals surface area (Å²) in [5, 5.41) is 3.47. The summed E-state index contributed by atoms with van der Waals surface area (Å²) in [6, 6.07) is 11.8. The third-order valence-corrected chi connectivity index (χ3v) is 5.75. The van der Waals surface area contributed by atoms with Gasteiger partial charge in [0.15, 0.2) is 0 Å². The first-order valence-electron chi connectivity index (χ1n) is 8.71. The number of nitrogens with two attached hydrogens (primary N) is 1. The molecular weight excluding hydrogens is 366 g/mol. The molecule has 1 saturated heterocycles. The minimum absolute atomic E-state index is 0.0777. The monoisotopic (exact) mass is 383 g/mol. The standard InChI is InChI=1S/C20H18ClN3O3/c21-14-4-1-12(2-5-14)18(26)24-9-7-20(8-10-24)15-11-13(17(22)25)3-6-16(15)23-19(20)27/h1-6,11H,7-10H2,(H2,22,25)(H,23,27). The molecule has 0 radical (unpaired) electrons. The number of carbonyl (C=O) groups excluding carboxylic acids is 3. The van der Waals surface area contributed by atoms with Crippen LogP contribution in [0.2, 0.25) is 5.02 Å². The lowest BCUT2D eigenvalue weighted by Crippen LogP contribution is -2.48. The summed E-state index contributed by atoms with van der Waals surface area (Å²) in [6.07, 6.45) is 0.987. The second-order valence-electron chi connectivity index (χ2n) is 6.96. The third kappa shape index (κ3) is 2.86. The summed E-state index contributed by atoms with van der Waals surface area (Å²) in [7, 11) is 0. The molecule has 1 fully saturated rings. The van der Waals surface area contributed by atoms with E-state index in [0.29, 0.717) is 47.8 Å². The number of halogens is 1. The predicted molar refractivity (Wildman–Crippen MR) is 102 cm³/mol. The fourth-order valence-corrected chi connectivity index (χ4v) is 4.06. The van der Waals surface area contributed by atoms with Crippen molar-refractivity contribution in [3.63, 3.8) is 0 Å².